The SMILES string of the molecule is COc1cccc(C)c1C(N)C1CC1. The number of methoxy groups -OCH3 is 1. The maximum absolute atomic E-state index is 6.20. The van der Waals surface area contributed by atoms with Crippen LogP contribution in [0.25, 0.3) is 0 Å². The normalized spacial score (nSPS) is 17.9. The minimum atomic E-state index is 0.158. The molecule has 1 aromatic rings. The van der Waals surface area contributed by atoms with Gasteiger partial charge < -0.3 is 10.5 Å². The first-order valence-electron chi connectivity index (χ1n) is 5.13. The number of ether oxygens (including phenoxy) is 1. The zero-order valence-electron chi connectivity index (χ0n) is 8.79. The van der Waals surface area contributed by atoms with E-state index in [0.29, 0.717) is 5.92 Å². The molecule has 1 fully saturated rings. The van der Waals surface area contributed by atoms with Gasteiger partial charge in [0, 0.05) is 11.6 Å². The first kappa shape index (κ1) is 9.53. The summed E-state index contributed by atoms with van der Waals surface area (Å²) in [5, 5.41) is 0. The number of nitrogens with two attached hydrogens (primary N) is 1. The van der Waals surface area contributed by atoms with Gasteiger partial charge in [0.1, 0.15) is 5.75 Å². The van der Waals surface area contributed by atoms with Crippen LogP contribution < -0.4 is 10.5 Å². The van der Waals surface area contributed by atoms with Crippen LogP contribution in [0.5, 0.6) is 5.75 Å². The molecule has 2 rings (SSSR count). The van der Waals surface area contributed by atoms with E-state index in [2.05, 4.69) is 13.0 Å². The molecule has 1 saturated carbocycles. The molecule has 0 aromatic heterocycles. The van der Waals surface area contributed by atoms with Gasteiger partial charge >= 0.3 is 0 Å². The molecule has 0 amide bonds. The summed E-state index contributed by atoms with van der Waals surface area (Å²) in [6.07, 6.45) is 2.53. The van der Waals surface area contributed by atoms with Crippen LogP contribution in [-0.2, 0) is 0 Å². The molecule has 0 saturated heterocycles. The zero-order valence-corrected chi connectivity index (χ0v) is 8.79. The molecule has 1 aliphatic rings. The molecule has 1 aliphatic carbocycles. The molecule has 76 valence electrons. The van der Waals surface area contributed by atoms with Gasteiger partial charge in [-0.15, -0.1) is 0 Å². The Labute approximate surface area is 85.1 Å². The largest absolute Gasteiger partial charge is 0.496 e. The molecule has 14 heavy (non-hydrogen) atoms. The molecule has 2 N–H and O–H groups in total. The van der Waals surface area contributed by atoms with Crippen molar-refractivity contribution in [1.82, 2.24) is 0 Å². The van der Waals surface area contributed by atoms with E-state index in [9.17, 15) is 0 Å². The molecule has 0 radical (unpaired) electrons. The highest BCUT2D eigenvalue weighted by Gasteiger charge is 2.31. The van der Waals surface area contributed by atoms with Crippen molar-refractivity contribution in [2.24, 2.45) is 11.7 Å². The van der Waals surface area contributed by atoms with Crippen molar-refractivity contribution < 1.29 is 4.74 Å². The van der Waals surface area contributed by atoms with Crippen LogP contribution in [0.4, 0.5) is 0 Å². The zero-order chi connectivity index (χ0) is 10.1. The second-order valence-corrected chi connectivity index (χ2v) is 4.05. The minimum Gasteiger partial charge on any atom is -0.496 e. The minimum absolute atomic E-state index is 0.158. The van der Waals surface area contributed by atoms with Gasteiger partial charge in [0.2, 0.25) is 0 Å². The first-order valence-corrected chi connectivity index (χ1v) is 5.13. The Kier molecular flexibility index (Phi) is 2.46. The van der Waals surface area contributed by atoms with Crippen LogP contribution in [0.15, 0.2) is 18.2 Å². The summed E-state index contributed by atoms with van der Waals surface area (Å²) in [6.45, 7) is 2.10. The van der Waals surface area contributed by atoms with Crippen molar-refractivity contribution in [2.45, 2.75) is 25.8 Å². The molecule has 0 bridgehead atoms. The summed E-state index contributed by atoms with van der Waals surface area (Å²) >= 11 is 0. The van der Waals surface area contributed by atoms with Crippen LogP contribution in [-0.4, -0.2) is 7.11 Å². The number of aryl methyl sites for hydroxylation is 1. The molecule has 0 spiro atoms. The lowest BCUT2D eigenvalue weighted by Gasteiger charge is -2.17. The molecule has 0 aliphatic heterocycles. The lowest BCUT2D eigenvalue weighted by Crippen LogP contribution is -2.15. The highest BCUT2D eigenvalue weighted by atomic mass is 16.5. The van der Waals surface area contributed by atoms with Gasteiger partial charge in [-0.25, -0.2) is 0 Å². The van der Waals surface area contributed by atoms with Crippen molar-refractivity contribution in [3.63, 3.8) is 0 Å². The Morgan fingerprint density at radius 2 is 2.14 bits per heavy atom. The summed E-state index contributed by atoms with van der Waals surface area (Å²) in [4.78, 5) is 0. The van der Waals surface area contributed by atoms with Crippen LogP contribution >= 0.6 is 0 Å². The van der Waals surface area contributed by atoms with Gasteiger partial charge in [-0.3, -0.25) is 0 Å². The van der Waals surface area contributed by atoms with E-state index in [1.54, 1.807) is 7.11 Å². The fraction of sp³-hybridized carbons (Fsp3) is 0.500. The summed E-state index contributed by atoms with van der Waals surface area (Å²) < 4.78 is 5.35. The molecule has 1 unspecified atom stereocenters. The monoisotopic (exact) mass is 191 g/mol. The van der Waals surface area contributed by atoms with E-state index < -0.39 is 0 Å². The Bertz CT molecular complexity index is 331. The lowest BCUT2D eigenvalue weighted by molar-refractivity contribution is 0.402. The smallest absolute Gasteiger partial charge is 0.123 e. The van der Waals surface area contributed by atoms with E-state index in [4.69, 9.17) is 10.5 Å². The van der Waals surface area contributed by atoms with Crippen molar-refractivity contribution in [2.75, 3.05) is 7.11 Å². The van der Waals surface area contributed by atoms with E-state index >= 15 is 0 Å². The summed E-state index contributed by atoms with van der Waals surface area (Å²) in [7, 11) is 1.71. The van der Waals surface area contributed by atoms with Gasteiger partial charge in [-0.2, -0.15) is 0 Å². The Morgan fingerprint density at radius 3 is 2.71 bits per heavy atom. The number of benzene rings is 1. The standard InChI is InChI=1S/C12H17NO/c1-8-4-3-5-10(14-2)11(8)12(13)9-6-7-9/h3-5,9,12H,6-7,13H2,1-2H3. The number of rotatable bonds is 3. The van der Waals surface area contributed by atoms with E-state index in [0.717, 1.165) is 5.75 Å². The fourth-order valence-electron chi connectivity index (χ4n) is 1.95. The van der Waals surface area contributed by atoms with E-state index in [1.165, 1.54) is 24.0 Å². The van der Waals surface area contributed by atoms with Crippen molar-refractivity contribution in [3.05, 3.63) is 29.3 Å². The highest BCUT2D eigenvalue weighted by Crippen LogP contribution is 2.43. The third kappa shape index (κ3) is 1.62. The predicted molar refractivity (Wildman–Crippen MR) is 57.4 cm³/mol. The topological polar surface area (TPSA) is 35.2 Å². The maximum atomic E-state index is 6.20. The maximum Gasteiger partial charge on any atom is 0.123 e. The molecule has 1 atom stereocenters. The third-order valence-electron chi connectivity index (χ3n) is 2.97. The first-order chi connectivity index (χ1) is 6.74. The fourth-order valence-corrected chi connectivity index (χ4v) is 1.95. The average molecular weight is 191 g/mol. The van der Waals surface area contributed by atoms with Gasteiger partial charge in [-0.05, 0) is 37.3 Å². The summed E-state index contributed by atoms with van der Waals surface area (Å²) in [6, 6.07) is 6.26. The number of hydrogen-bond donors (Lipinski definition) is 1. The van der Waals surface area contributed by atoms with Crippen molar-refractivity contribution >= 4 is 0 Å². The van der Waals surface area contributed by atoms with Crippen molar-refractivity contribution in [1.29, 1.82) is 0 Å². The average Bonchev–Trinajstić information content (AvgIpc) is 2.99. The summed E-state index contributed by atoms with van der Waals surface area (Å²) in [5.41, 5.74) is 8.63. The second kappa shape index (κ2) is 3.62. The molecular weight excluding hydrogens is 174 g/mol. The van der Waals surface area contributed by atoms with Gasteiger partial charge in [-0.1, -0.05) is 12.1 Å². The second-order valence-electron chi connectivity index (χ2n) is 4.05. The Balaban J connectivity index is 2.37. The lowest BCUT2D eigenvalue weighted by atomic mass is 9.97. The van der Waals surface area contributed by atoms with E-state index in [-0.39, 0.29) is 6.04 Å². The Morgan fingerprint density at radius 1 is 1.43 bits per heavy atom. The van der Waals surface area contributed by atoms with Crippen LogP contribution in [0.1, 0.15) is 30.0 Å². The van der Waals surface area contributed by atoms with Gasteiger partial charge in [0.15, 0.2) is 0 Å². The van der Waals surface area contributed by atoms with Crippen LogP contribution in [0, 0.1) is 12.8 Å². The van der Waals surface area contributed by atoms with E-state index in [1.807, 2.05) is 12.1 Å². The van der Waals surface area contributed by atoms with Gasteiger partial charge in [0.25, 0.3) is 0 Å². The summed E-state index contributed by atoms with van der Waals surface area (Å²) in [5.74, 6) is 1.61. The molecule has 2 heteroatoms. The third-order valence-corrected chi connectivity index (χ3v) is 2.97. The number of hydrogen-bond acceptors (Lipinski definition) is 2. The molecule has 0 heterocycles. The van der Waals surface area contributed by atoms with Crippen molar-refractivity contribution in [3.8, 4) is 5.75 Å². The van der Waals surface area contributed by atoms with Crippen LogP contribution in [0.3, 0.4) is 0 Å². The highest BCUT2D eigenvalue weighted by molar-refractivity contribution is 5.42. The molecular formula is C12H17NO. The predicted octanol–water partition coefficient (Wildman–Crippen LogP) is 2.41. The molecule has 1 aromatic carbocycles. The van der Waals surface area contributed by atoms with Crippen LogP contribution in [0.2, 0.25) is 0 Å². The quantitative estimate of drug-likeness (QED) is 0.796. The molecule has 2 nitrogen and oxygen atoms in total. The Hall–Kier alpha value is -1.02. The van der Waals surface area contributed by atoms with Gasteiger partial charge in [0.05, 0.1) is 7.11 Å².